The lowest BCUT2D eigenvalue weighted by Gasteiger charge is -2.17. The molecule has 1 fully saturated rings. The van der Waals surface area contributed by atoms with E-state index in [1.54, 1.807) is 36.4 Å². The molecule has 1 aliphatic rings. The van der Waals surface area contributed by atoms with Crippen LogP contribution < -0.4 is 15.9 Å². The molecule has 4 aromatic rings. The molecule has 1 unspecified atom stereocenters. The molecule has 0 saturated carbocycles. The van der Waals surface area contributed by atoms with E-state index >= 15 is 4.39 Å². The van der Waals surface area contributed by atoms with Crippen molar-refractivity contribution in [2.24, 2.45) is 0 Å². The van der Waals surface area contributed by atoms with E-state index in [1.165, 1.54) is 21.5 Å². The van der Waals surface area contributed by atoms with Crippen molar-refractivity contribution in [3.8, 4) is 11.1 Å². The van der Waals surface area contributed by atoms with Gasteiger partial charge >= 0.3 is 21.3 Å². The number of rotatable bonds is 9. The maximum atomic E-state index is 15.0. The van der Waals surface area contributed by atoms with Crippen LogP contribution in [-0.4, -0.2) is 64.3 Å². The number of halogens is 1. The number of phosphoric acid groups is 2. The number of nitrogen functional groups attached to an aromatic ring is 1. The maximum Gasteiger partial charge on any atom is 0.481 e. The third-order valence-electron chi connectivity index (χ3n) is 6.38. The summed E-state index contributed by atoms with van der Waals surface area (Å²) >= 11 is 0. The first-order valence-corrected chi connectivity index (χ1v) is 15.1. The van der Waals surface area contributed by atoms with Gasteiger partial charge in [0.2, 0.25) is 11.7 Å². The van der Waals surface area contributed by atoms with E-state index in [0.717, 1.165) is 0 Å². The fourth-order valence-corrected chi connectivity index (χ4v) is 6.21. The second-order valence-corrected chi connectivity index (χ2v) is 12.2. The van der Waals surface area contributed by atoms with E-state index in [4.69, 9.17) is 20.3 Å². The molecule has 1 saturated heterocycles. The molecule has 5 atom stereocenters. The van der Waals surface area contributed by atoms with Crippen LogP contribution in [0.5, 0.6) is 0 Å². The Morgan fingerprint density at radius 2 is 1.83 bits per heavy atom. The lowest BCUT2D eigenvalue weighted by molar-refractivity contribution is -0.745. The highest BCUT2D eigenvalue weighted by Crippen LogP contribution is 2.57. The molecule has 0 aliphatic carbocycles. The van der Waals surface area contributed by atoms with Crippen molar-refractivity contribution in [1.82, 2.24) is 14.5 Å². The quantitative estimate of drug-likeness (QED) is 0.0975. The molecule has 2 aromatic carbocycles. The zero-order valence-corrected chi connectivity index (χ0v) is 23.1. The number of aromatic nitrogens is 4. The summed E-state index contributed by atoms with van der Waals surface area (Å²) in [5.74, 6) is -0.773. The van der Waals surface area contributed by atoms with Gasteiger partial charge in [-0.2, -0.15) is 4.31 Å². The summed E-state index contributed by atoms with van der Waals surface area (Å²) in [6.45, 7) is -0.958. The van der Waals surface area contributed by atoms with Crippen LogP contribution in [0, 0.1) is 5.82 Å². The minimum absolute atomic E-state index is 0.0309. The second kappa shape index (κ2) is 11.4. The van der Waals surface area contributed by atoms with Crippen LogP contribution in [0.15, 0.2) is 59.7 Å². The molecule has 1 aliphatic heterocycles. The molecule has 0 spiro atoms. The van der Waals surface area contributed by atoms with Gasteiger partial charge in [0.25, 0.3) is 11.5 Å². The molecule has 42 heavy (non-hydrogen) atoms. The highest BCUT2D eigenvalue weighted by molar-refractivity contribution is 7.60. The lowest BCUT2D eigenvalue weighted by Crippen LogP contribution is -2.46. The van der Waals surface area contributed by atoms with Crippen LogP contribution >= 0.6 is 15.6 Å². The smallest absolute Gasteiger partial charge is 0.387 e. The minimum Gasteiger partial charge on any atom is -0.387 e. The number of aliphatic hydroxyl groups is 2. The molecule has 0 amide bonds. The highest BCUT2D eigenvalue weighted by Gasteiger charge is 2.48. The molecular formula is C23H25FN5O11P2+. The first-order valence-electron chi connectivity index (χ1n) is 12.1. The Kier molecular flexibility index (Phi) is 8.17. The van der Waals surface area contributed by atoms with Crippen LogP contribution in [0.1, 0.15) is 11.8 Å². The van der Waals surface area contributed by atoms with Gasteiger partial charge in [-0.15, -0.1) is 0 Å². The number of nitrogens with one attached hydrogen (secondary N) is 1. The Balaban J connectivity index is 1.44. The molecule has 16 nitrogen and oxygen atoms in total. The largest absolute Gasteiger partial charge is 0.481 e. The number of anilines is 1. The van der Waals surface area contributed by atoms with Crippen LogP contribution in [0.4, 0.5) is 10.3 Å². The van der Waals surface area contributed by atoms with Crippen molar-refractivity contribution in [2.75, 3.05) is 12.3 Å². The number of imidazole rings is 1. The molecule has 224 valence electrons. The number of phosphoric ester groups is 1. The number of H-pyrrole nitrogens is 1. The zero-order valence-electron chi connectivity index (χ0n) is 21.3. The van der Waals surface area contributed by atoms with Gasteiger partial charge in [-0.25, -0.2) is 18.1 Å². The van der Waals surface area contributed by atoms with E-state index in [9.17, 15) is 29.0 Å². The Morgan fingerprint density at radius 1 is 1.12 bits per heavy atom. The lowest BCUT2D eigenvalue weighted by atomic mass is 10.0. The van der Waals surface area contributed by atoms with E-state index < -0.39 is 58.2 Å². The Hall–Kier alpha value is -3.34. The molecule has 0 bridgehead atoms. The summed E-state index contributed by atoms with van der Waals surface area (Å²) in [6, 6.07) is 13.5. The normalized spacial score (nSPS) is 22.4. The molecular weight excluding hydrogens is 603 g/mol. The fraction of sp³-hybridized carbons (Fsp3) is 0.261. The summed E-state index contributed by atoms with van der Waals surface area (Å²) in [6.07, 6.45) is -5.03. The number of benzene rings is 2. The monoisotopic (exact) mass is 628 g/mol. The van der Waals surface area contributed by atoms with Gasteiger partial charge in [-0.1, -0.05) is 47.4 Å². The number of ether oxygens (including phenoxy) is 1. The van der Waals surface area contributed by atoms with Gasteiger partial charge in [-0.05, 0) is 17.2 Å². The number of aromatic amines is 1. The van der Waals surface area contributed by atoms with Crippen LogP contribution in [0.25, 0.3) is 22.3 Å². The average Bonchev–Trinajstić information content (AvgIpc) is 3.38. The SMILES string of the molecule is Nc1nc2c(c(=O)[nH]1)n(Cc1ccc(-c3ccccc3)c(F)c1)c[n+]2[C@@H]1O[C@H](COP(=O)(O)OP(=O)(O)O)[C@@H](O)[C@H]1O. The maximum absolute atomic E-state index is 15.0. The number of nitrogens with two attached hydrogens (primary N) is 1. The molecule has 5 rings (SSSR count). The van der Waals surface area contributed by atoms with Gasteiger partial charge in [-0.3, -0.25) is 18.9 Å². The summed E-state index contributed by atoms with van der Waals surface area (Å²) < 4.78 is 54.1. The fourth-order valence-electron chi connectivity index (χ4n) is 4.61. The molecule has 8 N–H and O–H groups in total. The molecule has 0 radical (unpaired) electrons. The minimum atomic E-state index is -5.39. The average molecular weight is 628 g/mol. The van der Waals surface area contributed by atoms with Crippen molar-refractivity contribution < 1.29 is 56.6 Å². The van der Waals surface area contributed by atoms with Crippen molar-refractivity contribution >= 4 is 32.8 Å². The number of fused-ring (bicyclic) bond motifs is 1. The second-order valence-electron chi connectivity index (χ2n) is 9.34. The van der Waals surface area contributed by atoms with Gasteiger partial charge in [0, 0.05) is 5.56 Å². The summed E-state index contributed by atoms with van der Waals surface area (Å²) in [5.41, 5.74) is 6.48. The first-order chi connectivity index (χ1) is 19.7. The molecule has 19 heteroatoms. The third kappa shape index (κ3) is 6.35. The summed E-state index contributed by atoms with van der Waals surface area (Å²) in [5, 5.41) is 21.2. The van der Waals surface area contributed by atoms with Crippen molar-refractivity contribution in [1.29, 1.82) is 0 Å². The summed E-state index contributed by atoms with van der Waals surface area (Å²) in [4.78, 5) is 46.4. The van der Waals surface area contributed by atoms with E-state index in [0.29, 0.717) is 16.7 Å². The molecule has 2 aromatic heterocycles. The third-order valence-corrected chi connectivity index (χ3v) is 8.54. The topological polar surface area (TPSA) is 244 Å². The van der Waals surface area contributed by atoms with Gasteiger partial charge < -0.3 is 35.4 Å². The van der Waals surface area contributed by atoms with E-state index in [-0.39, 0.29) is 23.7 Å². The van der Waals surface area contributed by atoms with Gasteiger partial charge in [0.15, 0.2) is 6.33 Å². The van der Waals surface area contributed by atoms with Crippen LogP contribution in [-0.2, 0) is 29.2 Å². The predicted octanol–water partition coefficient (Wildman–Crippen LogP) is 0.294. The van der Waals surface area contributed by atoms with Crippen molar-refractivity contribution in [2.45, 2.75) is 31.1 Å². The van der Waals surface area contributed by atoms with Gasteiger partial charge in [0.05, 0.1) is 13.2 Å². The number of nitrogens with zero attached hydrogens (tertiary/aromatic N) is 3. The van der Waals surface area contributed by atoms with Crippen molar-refractivity contribution in [3.63, 3.8) is 0 Å². The predicted molar refractivity (Wildman–Crippen MR) is 141 cm³/mol. The summed E-state index contributed by atoms with van der Waals surface area (Å²) in [7, 11) is -10.7. The number of aliphatic hydroxyl groups excluding tert-OH is 2. The molecule has 3 heterocycles. The zero-order chi connectivity index (χ0) is 30.4. The van der Waals surface area contributed by atoms with Gasteiger partial charge in [0.1, 0.15) is 24.1 Å². The van der Waals surface area contributed by atoms with Crippen LogP contribution in [0.3, 0.4) is 0 Å². The number of hydrogen-bond donors (Lipinski definition) is 7. The van der Waals surface area contributed by atoms with Crippen molar-refractivity contribution in [3.05, 3.63) is 76.6 Å². The highest BCUT2D eigenvalue weighted by atomic mass is 31.3. The van der Waals surface area contributed by atoms with Crippen LogP contribution in [0.2, 0.25) is 0 Å². The van der Waals surface area contributed by atoms with E-state index in [2.05, 4.69) is 18.8 Å². The van der Waals surface area contributed by atoms with E-state index in [1.807, 2.05) is 6.07 Å². The Bertz CT molecular complexity index is 1780. The Morgan fingerprint density at radius 3 is 2.50 bits per heavy atom. The first kappa shape index (κ1) is 30.1. The Labute approximate surface area is 235 Å². The standard InChI is InChI=1S/C23H24FN5O11P2/c24-15-8-12(6-7-14(15)13-4-2-1-3-5-13)9-28-11-29(20-17(28)21(32)27-23(25)26-20)22-19(31)18(30)16(39-22)10-38-42(36,37)40-41(33,34)35/h1-8,11,16,18-19,22,30-31H,9-10H2,(H5-,25,26,27,32,33,34,35,36,37)/p+1/t16-,18-,19-,22-/m1/s1. The number of hydrogen-bond acceptors (Lipinski definition) is 10.